The highest BCUT2D eigenvalue weighted by molar-refractivity contribution is 5.94. The Bertz CT molecular complexity index is 417. The van der Waals surface area contributed by atoms with Crippen molar-refractivity contribution in [1.82, 2.24) is 5.32 Å². The molecular formula is C15H22N2O2. The predicted octanol–water partition coefficient (Wildman–Crippen LogP) is 1.69. The number of nitrogens with one attached hydrogen (secondary N) is 2. The summed E-state index contributed by atoms with van der Waals surface area (Å²) < 4.78 is 0. The van der Waals surface area contributed by atoms with Gasteiger partial charge in [-0.1, -0.05) is 12.1 Å². The van der Waals surface area contributed by atoms with E-state index in [1.54, 1.807) is 0 Å². The summed E-state index contributed by atoms with van der Waals surface area (Å²) in [5.74, 6) is 0.0430. The maximum absolute atomic E-state index is 12.1. The zero-order chi connectivity index (χ0) is 13.7. The number of hydrogen-bond acceptors (Lipinski definition) is 3. The van der Waals surface area contributed by atoms with Crippen molar-refractivity contribution in [2.45, 2.75) is 44.7 Å². The van der Waals surface area contributed by atoms with Gasteiger partial charge in [0.25, 0.3) is 0 Å². The summed E-state index contributed by atoms with van der Waals surface area (Å²) in [7, 11) is 0. The molecule has 2 rings (SSSR count). The fraction of sp³-hybridized carbons (Fsp3) is 0.533. The minimum absolute atomic E-state index is 0.0430. The maximum Gasteiger partial charge on any atom is 0.241 e. The van der Waals surface area contributed by atoms with Gasteiger partial charge in [0.2, 0.25) is 5.91 Å². The van der Waals surface area contributed by atoms with Crippen LogP contribution in [0.4, 0.5) is 5.69 Å². The second kappa shape index (κ2) is 6.68. The van der Waals surface area contributed by atoms with E-state index in [4.69, 9.17) is 5.11 Å². The lowest BCUT2D eigenvalue weighted by atomic mass is 9.99. The van der Waals surface area contributed by atoms with Gasteiger partial charge in [-0.2, -0.15) is 0 Å². The van der Waals surface area contributed by atoms with E-state index >= 15 is 0 Å². The van der Waals surface area contributed by atoms with Crippen LogP contribution in [0.3, 0.4) is 0 Å². The van der Waals surface area contributed by atoms with Gasteiger partial charge < -0.3 is 15.7 Å². The van der Waals surface area contributed by atoms with Crippen molar-refractivity contribution in [3.63, 3.8) is 0 Å². The third kappa shape index (κ3) is 4.04. The summed E-state index contributed by atoms with van der Waals surface area (Å²) in [5, 5.41) is 15.1. The molecule has 2 unspecified atom stereocenters. The van der Waals surface area contributed by atoms with Gasteiger partial charge in [0, 0.05) is 18.3 Å². The van der Waals surface area contributed by atoms with Crippen LogP contribution >= 0.6 is 0 Å². The first kappa shape index (κ1) is 14.0. The Balaban J connectivity index is 1.90. The molecule has 0 aliphatic carbocycles. The topological polar surface area (TPSA) is 61.4 Å². The van der Waals surface area contributed by atoms with Crippen LogP contribution in [-0.4, -0.2) is 29.7 Å². The van der Waals surface area contributed by atoms with Crippen LogP contribution in [-0.2, 0) is 11.2 Å². The summed E-state index contributed by atoms with van der Waals surface area (Å²) >= 11 is 0. The Morgan fingerprint density at radius 3 is 2.74 bits per heavy atom. The van der Waals surface area contributed by atoms with Gasteiger partial charge in [-0.15, -0.1) is 0 Å². The van der Waals surface area contributed by atoms with Gasteiger partial charge in [0.15, 0.2) is 0 Å². The minimum atomic E-state index is -0.0825. The molecule has 19 heavy (non-hydrogen) atoms. The van der Waals surface area contributed by atoms with E-state index in [0.29, 0.717) is 12.5 Å². The molecule has 1 aromatic rings. The number of rotatable bonds is 4. The Hall–Kier alpha value is -1.39. The monoisotopic (exact) mass is 262 g/mol. The Labute approximate surface area is 114 Å². The summed E-state index contributed by atoms with van der Waals surface area (Å²) in [5.41, 5.74) is 1.89. The number of anilines is 1. The predicted molar refractivity (Wildman–Crippen MR) is 76.1 cm³/mol. The van der Waals surface area contributed by atoms with Crippen molar-refractivity contribution < 1.29 is 9.90 Å². The fourth-order valence-electron chi connectivity index (χ4n) is 2.46. The number of carbonyl (C=O) groups is 1. The largest absolute Gasteiger partial charge is 0.396 e. The number of aliphatic hydroxyl groups is 1. The first-order valence-corrected chi connectivity index (χ1v) is 6.96. The average Bonchev–Trinajstić information content (AvgIpc) is 2.41. The SMILES string of the molecule is CC1CCCC(C(=O)Nc2ccc(CCO)cc2)N1. The molecule has 0 radical (unpaired) electrons. The molecule has 1 aromatic carbocycles. The molecule has 3 N–H and O–H groups in total. The highest BCUT2D eigenvalue weighted by Gasteiger charge is 2.23. The summed E-state index contributed by atoms with van der Waals surface area (Å²) in [6.07, 6.45) is 3.79. The van der Waals surface area contributed by atoms with Crippen molar-refractivity contribution in [2.24, 2.45) is 0 Å². The van der Waals surface area contributed by atoms with Gasteiger partial charge in [0.1, 0.15) is 0 Å². The molecule has 104 valence electrons. The molecule has 0 saturated carbocycles. The molecule has 1 aliphatic rings. The molecule has 1 fully saturated rings. The van der Waals surface area contributed by atoms with Crippen molar-refractivity contribution in [2.75, 3.05) is 11.9 Å². The molecule has 0 aromatic heterocycles. The van der Waals surface area contributed by atoms with E-state index in [9.17, 15) is 4.79 Å². The zero-order valence-corrected chi connectivity index (χ0v) is 11.4. The first-order valence-electron chi connectivity index (χ1n) is 6.96. The second-order valence-electron chi connectivity index (χ2n) is 5.21. The quantitative estimate of drug-likeness (QED) is 0.774. The van der Waals surface area contributed by atoms with E-state index in [0.717, 1.165) is 30.5 Å². The van der Waals surface area contributed by atoms with Crippen molar-refractivity contribution in [3.05, 3.63) is 29.8 Å². The average molecular weight is 262 g/mol. The first-order chi connectivity index (χ1) is 9.19. The van der Waals surface area contributed by atoms with Crippen molar-refractivity contribution in [3.8, 4) is 0 Å². The summed E-state index contributed by atoms with van der Waals surface area (Å²) in [4.78, 5) is 12.1. The highest BCUT2D eigenvalue weighted by Crippen LogP contribution is 2.15. The third-order valence-electron chi connectivity index (χ3n) is 3.55. The molecule has 2 atom stereocenters. The van der Waals surface area contributed by atoms with Crippen LogP contribution in [0.5, 0.6) is 0 Å². The molecule has 1 amide bonds. The lowest BCUT2D eigenvalue weighted by Gasteiger charge is -2.27. The van der Waals surface area contributed by atoms with Crippen molar-refractivity contribution in [1.29, 1.82) is 0 Å². The smallest absolute Gasteiger partial charge is 0.241 e. The molecule has 1 heterocycles. The molecule has 0 bridgehead atoms. The van der Waals surface area contributed by atoms with Crippen molar-refractivity contribution >= 4 is 11.6 Å². The van der Waals surface area contributed by atoms with E-state index < -0.39 is 0 Å². The second-order valence-corrected chi connectivity index (χ2v) is 5.21. The lowest BCUT2D eigenvalue weighted by Crippen LogP contribution is -2.47. The van der Waals surface area contributed by atoms with Gasteiger partial charge in [0.05, 0.1) is 6.04 Å². The number of carbonyl (C=O) groups excluding carboxylic acids is 1. The maximum atomic E-state index is 12.1. The number of aliphatic hydroxyl groups excluding tert-OH is 1. The van der Waals surface area contributed by atoms with Crippen LogP contribution < -0.4 is 10.6 Å². The van der Waals surface area contributed by atoms with Gasteiger partial charge in [-0.3, -0.25) is 4.79 Å². The third-order valence-corrected chi connectivity index (χ3v) is 3.55. The normalized spacial score (nSPS) is 23.1. The van der Waals surface area contributed by atoms with E-state index in [2.05, 4.69) is 17.6 Å². The minimum Gasteiger partial charge on any atom is -0.396 e. The van der Waals surface area contributed by atoms with Crippen LogP contribution in [0.1, 0.15) is 31.7 Å². The van der Waals surface area contributed by atoms with Gasteiger partial charge in [-0.05, 0) is 50.3 Å². The number of benzene rings is 1. The van der Waals surface area contributed by atoms with Crippen LogP contribution in [0, 0.1) is 0 Å². The van der Waals surface area contributed by atoms with Gasteiger partial charge >= 0.3 is 0 Å². The van der Waals surface area contributed by atoms with Crippen LogP contribution in [0.15, 0.2) is 24.3 Å². The van der Waals surface area contributed by atoms with Gasteiger partial charge in [-0.25, -0.2) is 0 Å². The van der Waals surface area contributed by atoms with E-state index in [1.165, 1.54) is 0 Å². The Morgan fingerprint density at radius 2 is 2.11 bits per heavy atom. The Kier molecular flexibility index (Phi) is 4.93. The van der Waals surface area contributed by atoms with Crippen LogP contribution in [0.2, 0.25) is 0 Å². The van der Waals surface area contributed by atoms with E-state index in [-0.39, 0.29) is 18.6 Å². The molecule has 4 heteroatoms. The summed E-state index contributed by atoms with van der Waals surface area (Å²) in [6.45, 7) is 2.26. The number of piperidine rings is 1. The molecule has 4 nitrogen and oxygen atoms in total. The van der Waals surface area contributed by atoms with Crippen LogP contribution in [0.25, 0.3) is 0 Å². The highest BCUT2D eigenvalue weighted by atomic mass is 16.2. The molecule has 1 saturated heterocycles. The molecule has 0 spiro atoms. The Morgan fingerprint density at radius 1 is 1.37 bits per heavy atom. The lowest BCUT2D eigenvalue weighted by molar-refractivity contribution is -0.118. The fourth-order valence-corrected chi connectivity index (χ4v) is 2.46. The molecular weight excluding hydrogens is 240 g/mol. The summed E-state index contributed by atoms with van der Waals surface area (Å²) in [6, 6.07) is 7.97. The standard InChI is InChI=1S/C15H22N2O2/c1-11-3-2-4-14(16-11)15(19)17-13-7-5-12(6-8-13)9-10-18/h5-8,11,14,16,18H,2-4,9-10H2,1H3,(H,17,19). The number of hydrogen-bond donors (Lipinski definition) is 3. The zero-order valence-electron chi connectivity index (χ0n) is 11.4. The van der Waals surface area contributed by atoms with E-state index in [1.807, 2.05) is 24.3 Å². The number of amides is 1. The molecule has 1 aliphatic heterocycles.